The standard InChI is InChI=1S/C14H23P/c1-11-7-12(2)9-13(8-11)10-15(6)14(3,4)5/h7-9H,10H2,1-6H3. The van der Waals surface area contributed by atoms with Crippen molar-refractivity contribution >= 4 is 7.92 Å². The average Bonchev–Trinajstić information content (AvgIpc) is 1.99. The minimum Gasteiger partial charge on any atom is -0.0999 e. The summed E-state index contributed by atoms with van der Waals surface area (Å²) in [5, 5.41) is 0.465. The third-order valence-electron chi connectivity index (χ3n) is 2.85. The van der Waals surface area contributed by atoms with Crippen molar-refractivity contribution in [3.05, 3.63) is 34.9 Å². The van der Waals surface area contributed by atoms with E-state index < -0.39 is 0 Å². The van der Waals surface area contributed by atoms with Gasteiger partial charge in [-0.1, -0.05) is 58.0 Å². The molecular weight excluding hydrogens is 199 g/mol. The van der Waals surface area contributed by atoms with E-state index in [1.54, 1.807) is 0 Å². The third-order valence-corrected chi connectivity index (χ3v) is 5.98. The molecule has 0 spiro atoms. The summed E-state index contributed by atoms with van der Waals surface area (Å²) < 4.78 is 0. The van der Waals surface area contributed by atoms with Gasteiger partial charge in [0.15, 0.2) is 0 Å². The molecule has 0 bridgehead atoms. The van der Waals surface area contributed by atoms with Gasteiger partial charge in [-0.15, -0.1) is 0 Å². The first-order chi connectivity index (χ1) is 6.79. The molecule has 0 aliphatic heterocycles. The van der Waals surface area contributed by atoms with E-state index in [9.17, 15) is 0 Å². The summed E-state index contributed by atoms with van der Waals surface area (Å²) in [6, 6.07) is 6.91. The largest absolute Gasteiger partial charge is 0.0999 e. The van der Waals surface area contributed by atoms with Gasteiger partial charge < -0.3 is 0 Å². The van der Waals surface area contributed by atoms with Gasteiger partial charge in [0.05, 0.1) is 0 Å². The fraction of sp³-hybridized carbons (Fsp3) is 0.571. The van der Waals surface area contributed by atoms with Gasteiger partial charge in [-0.25, -0.2) is 0 Å². The molecule has 1 unspecified atom stereocenters. The van der Waals surface area contributed by atoms with E-state index in [2.05, 4.69) is 59.5 Å². The Morgan fingerprint density at radius 3 is 1.87 bits per heavy atom. The SMILES string of the molecule is Cc1cc(C)cc(CP(C)C(C)(C)C)c1. The maximum atomic E-state index is 2.41. The Kier molecular flexibility index (Phi) is 3.95. The minimum atomic E-state index is 0.0773. The Balaban J connectivity index is 2.81. The lowest BCUT2D eigenvalue weighted by Gasteiger charge is -2.28. The molecule has 0 nitrogen and oxygen atoms in total. The van der Waals surface area contributed by atoms with E-state index in [-0.39, 0.29) is 7.92 Å². The Hall–Kier alpha value is -0.350. The maximum Gasteiger partial charge on any atom is -0.00707 e. The van der Waals surface area contributed by atoms with Gasteiger partial charge in [-0.2, -0.15) is 0 Å². The van der Waals surface area contributed by atoms with E-state index in [0.717, 1.165) is 0 Å². The minimum absolute atomic E-state index is 0.0773. The predicted octanol–water partition coefficient (Wildman–Crippen LogP) is 4.71. The summed E-state index contributed by atoms with van der Waals surface area (Å²) in [7, 11) is 0.0773. The van der Waals surface area contributed by atoms with Gasteiger partial charge in [0.1, 0.15) is 0 Å². The molecule has 1 aromatic carbocycles. The molecule has 0 fully saturated rings. The highest BCUT2D eigenvalue weighted by atomic mass is 31.1. The first-order valence-electron chi connectivity index (χ1n) is 5.57. The molecule has 0 saturated carbocycles. The van der Waals surface area contributed by atoms with E-state index in [4.69, 9.17) is 0 Å². The lowest BCUT2D eigenvalue weighted by molar-refractivity contribution is 0.782. The van der Waals surface area contributed by atoms with Crippen molar-refractivity contribution in [1.29, 1.82) is 0 Å². The van der Waals surface area contributed by atoms with Crippen LogP contribution in [0.3, 0.4) is 0 Å². The van der Waals surface area contributed by atoms with E-state index >= 15 is 0 Å². The molecular formula is C14H23P. The number of hydrogen-bond donors (Lipinski definition) is 0. The number of benzene rings is 1. The van der Waals surface area contributed by atoms with Gasteiger partial charge in [0, 0.05) is 0 Å². The van der Waals surface area contributed by atoms with Crippen molar-refractivity contribution in [3.8, 4) is 0 Å². The Morgan fingerprint density at radius 2 is 1.47 bits per heavy atom. The van der Waals surface area contributed by atoms with Crippen LogP contribution in [0.4, 0.5) is 0 Å². The van der Waals surface area contributed by atoms with Crippen molar-refractivity contribution < 1.29 is 0 Å². The molecule has 0 radical (unpaired) electrons. The molecule has 1 aromatic rings. The van der Waals surface area contributed by atoms with Gasteiger partial charge in [-0.3, -0.25) is 0 Å². The highest BCUT2D eigenvalue weighted by Crippen LogP contribution is 2.48. The van der Waals surface area contributed by atoms with Crippen LogP contribution in [0.1, 0.15) is 37.5 Å². The lowest BCUT2D eigenvalue weighted by Crippen LogP contribution is -2.11. The van der Waals surface area contributed by atoms with Gasteiger partial charge in [-0.05, 0) is 37.4 Å². The molecule has 1 heteroatoms. The van der Waals surface area contributed by atoms with Crippen LogP contribution in [0.15, 0.2) is 18.2 Å². The first-order valence-corrected chi connectivity index (χ1v) is 7.55. The van der Waals surface area contributed by atoms with Crippen molar-refractivity contribution in [2.45, 2.75) is 45.9 Å². The summed E-state index contributed by atoms with van der Waals surface area (Å²) in [5.74, 6) is 0. The third kappa shape index (κ3) is 3.95. The summed E-state index contributed by atoms with van der Waals surface area (Å²) in [5.41, 5.74) is 4.29. The highest BCUT2D eigenvalue weighted by molar-refractivity contribution is 7.57. The van der Waals surface area contributed by atoms with Crippen molar-refractivity contribution in [3.63, 3.8) is 0 Å². The Bertz CT molecular complexity index is 313. The Labute approximate surface area is 95.9 Å². The van der Waals surface area contributed by atoms with E-state index in [0.29, 0.717) is 5.16 Å². The number of rotatable bonds is 2. The molecule has 1 atom stereocenters. The lowest BCUT2D eigenvalue weighted by atomic mass is 10.1. The van der Waals surface area contributed by atoms with Crippen LogP contribution in [0.5, 0.6) is 0 Å². The fourth-order valence-electron chi connectivity index (χ4n) is 1.67. The smallest absolute Gasteiger partial charge is 0.00707 e. The molecule has 0 amide bonds. The predicted molar refractivity (Wildman–Crippen MR) is 72.2 cm³/mol. The van der Waals surface area contributed by atoms with Crippen LogP contribution in [0.25, 0.3) is 0 Å². The molecule has 0 N–H and O–H groups in total. The average molecular weight is 222 g/mol. The highest BCUT2D eigenvalue weighted by Gasteiger charge is 2.19. The summed E-state index contributed by atoms with van der Waals surface area (Å²) in [6.45, 7) is 13.8. The van der Waals surface area contributed by atoms with Crippen LogP contribution >= 0.6 is 7.92 Å². The molecule has 1 rings (SSSR count). The molecule has 0 saturated heterocycles. The molecule has 0 heterocycles. The summed E-state index contributed by atoms with van der Waals surface area (Å²) >= 11 is 0. The summed E-state index contributed by atoms with van der Waals surface area (Å²) in [4.78, 5) is 0. The summed E-state index contributed by atoms with van der Waals surface area (Å²) in [6.07, 6.45) is 1.25. The fourth-order valence-corrected chi connectivity index (χ4v) is 2.88. The van der Waals surface area contributed by atoms with E-state index in [1.807, 2.05) is 0 Å². The van der Waals surface area contributed by atoms with Gasteiger partial charge >= 0.3 is 0 Å². The molecule has 0 aliphatic carbocycles. The van der Waals surface area contributed by atoms with E-state index in [1.165, 1.54) is 22.9 Å². The monoisotopic (exact) mass is 222 g/mol. The normalized spacial score (nSPS) is 14.0. The van der Waals surface area contributed by atoms with Crippen LogP contribution in [-0.4, -0.2) is 11.8 Å². The zero-order valence-corrected chi connectivity index (χ0v) is 11.8. The zero-order valence-electron chi connectivity index (χ0n) is 10.9. The number of hydrogen-bond acceptors (Lipinski definition) is 0. The molecule has 0 aromatic heterocycles. The van der Waals surface area contributed by atoms with Crippen LogP contribution in [0.2, 0.25) is 0 Å². The van der Waals surface area contributed by atoms with Gasteiger partial charge in [0.25, 0.3) is 0 Å². The maximum absolute atomic E-state index is 2.41. The first kappa shape index (κ1) is 12.7. The van der Waals surface area contributed by atoms with Crippen molar-refractivity contribution in [1.82, 2.24) is 0 Å². The quantitative estimate of drug-likeness (QED) is 0.635. The van der Waals surface area contributed by atoms with Crippen molar-refractivity contribution in [2.75, 3.05) is 6.66 Å². The second-order valence-electron chi connectivity index (χ2n) is 5.52. The van der Waals surface area contributed by atoms with Crippen molar-refractivity contribution in [2.24, 2.45) is 0 Å². The van der Waals surface area contributed by atoms with Crippen LogP contribution in [-0.2, 0) is 6.16 Å². The topological polar surface area (TPSA) is 0 Å². The molecule has 15 heavy (non-hydrogen) atoms. The number of aryl methyl sites for hydroxylation is 2. The second kappa shape index (κ2) is 4.66. The van der Waals surface area contributed by atoms with Crippen LogP contribution in [0, 0.1) is 13.8 Å². The second-order valence-corrected chi connectivity index (χ2v) is 8.58. The van der Waals surface area contributed by atoms with Gasteiger partial charge in [0.2, 0.25) is 0 Å². The molecule has 84 valence electrons. The molecule has 0 aliphatic rings. The Morgan fingerprint density at radius 1 is 1.00 bits per heavy atom. The zero-order chi connectivity index (χ0) is 11.6. The van der Waals surface area contributed by atoms with Crippen LogP contribution < -0.4 is 0 Å².